The van der Waals surface area contributed by atoms with Gasteiger partial charge in [-0.15, -0.1) is 0 Å². The molecule has 0 radical (unpaired) electrons. The van der Waals surface area contributed by atoms with Crippen LogP contribution in [0.15, 0.2) is 42.6 Å². The standard InChI is InChI=1S/C19H23FN4O/c1-22(2)18-15(8-6-10-21-18)19(25)24-12-11-23(3)17(13-24)14-7-4-5-9-16(14)20/h4-10,17H,11-13H2,1-3H3. The zero-order valence-corrected chi connectivity index (χ0v) is 14.8. The van der Waals surface area contributed by atoms with E-state index in [0.29, 0.717) is 36.6 Å². The number of benzene rings is 1. The first kappa shape index (κ1) is 17.4. The number of likely N-dealkylation sites (N-methyl/N-ethyl adjacent to an activating group) is 1. The van der Waals surface area contributed by atoms with Gasteiger partial charge in [0.25, 0.3) is 5.91 Å². The van der Waals surface area contributed by atoms with Crippen molar-refractivity contribution < 1.29 is 9.18 Å². The predicted molar refractivity (Wildman–Crippen MR) is 96.2 cm³/mol. The molecule has 1 saturated heterocycles. The molecule has 1 aliphatic heterocycles. The number of carbonyl (C=O) groups is 1. The monoisotopic (exact) mass is 342 g/mol. The highest BCUT2D eigenvalue weighted by Gasteiger charge is 2.31. The maximum absolute atomic E-state index is 14.2. The zero-order valence-electron chi connectivity index (χ0n) is 14.8. The maximum atomic E-state index is 14.2. The van der Waals surface area contributed by atoms with Crippen molar-refractivity contribution >= 4 is 11.7 Å². The zero-order chi connectivity index (χ0) is 18.0. The summed E-state index contributed by atoms with van der Waals surface area (Å²) >= 11 is 0. The molecule has 1 amide bonds. The van der Waals surface area contributed by atoms with E-state index in [4.69, 9.17) is 0 Å². The predicted octanol–water partition coefficient (Wildman–Crippen LogP) is 2.42. The molecular formula is C19H23FN4O. The molecule has 3 rings (SSSR count). The summed E-state index contributed by atoms with van der Waals surface area (Å²) < 4.78 is 14.2. The normalized spacial score (nSPS) is 18.2. The van der Waals surface area contributed by atoms with E-state index in [1.54, 1.807) is 35.4 Å². The SMILES string of the molecule is CN(C)c1ncccc1C(=O)N1CCN(C)C(c2ccccc2F)C1. The molecule has 1 aliphatic rings. The summed E-state index contributed by atoms with van der Waals surface area (Å²) in [5.41, 5.74) is 1.20. The molecule has 5 nitrogen and oxygen atoms in total. The number of pyridine rings is 1. The minimum Gasteiger partial charge on any atom is -0.362 e. The smallest absolute Gasteiger partial charge is 0.257 e. The van der Waals surface area contributed by atoms with Crippen LogP contribution in [0.5, 0.6) is 0 Å². The van der Waals surface area contributed by atoms with Crippen molar-refractivity contribution in [2.24, 2.45) is 0 Å². The van der Waals surface area contributed by atoms with Crippen LogP contribution >= 0.6 is 0 Å². The Morgan fingerprint density at radius 1 is 1.20 bits per heavy atom. The second kappa shape index (κ2) is 7.19. The number of amides is 1. The topological polar surface area (TPSA) is 39.7 Å². The lowest BCUT2D eigenvalue weighted by molar-refractivity contribution is 0.0541. The molecule has 25 heavy (non-hydrogen) atoms. The van der Waals surface area contributed by atoms with E-state index < -0.39 is 0 Å². The van der Waals surface area contributed by atoms with Crippen LogP contribution in [0.1, 0.15) is 22.0 Å². The summed E-state index contributed by atoms with van der Waals surface area (Å²) in [5.74, 6) is 0.351. The molecule has 0 bridgehead atoms. The lowest BCUT2D eigenvalue weighted by Gasteiger charge is -2.40. The van der Waals surface area contributed by atoms with Crippen molar-refractivity contribution in [3.8, 4) is 0 Å². The van der Waals surface area contributed by atoms with Crippen LogP contribution in [-0.4, -0.2) is 61.5 Å². The van der Waals surface area contributed by atoms with Crippen LogP contribution in [0, 0.1) is 5.82 Å². The first-order valence-corrected chi connectivity index (χ1v) is 8.35. The number of anilines is 1. The van der Waals surface area contributed by atoms with Crippen molar-refractivity contribution in [3.63, 3.8) is 0 Å². The molecule has 2 heterocycles. The van der Waals surface area contributed by atoms with E-state index in [-0.39, 0.29) is 17.8 Å². The third kappa shape index (κ3) is 3.49. The van der Waals surface area contributed by atoms with Gasteiger partial charge in [-0.05, 0) is 25.2 Å². The number of aromatic nitrogens is 1. The van der Waals surface area contributed by atoms with Crippen LogP contribution in [0.4, 0.5) is 10.2 Å². The van der Waals surface area contributed by atoms with Crippen LogP contribution in [0.3, 0.4) is 0 Å². The van der Waals surface area contributed by atoms with Crippen molar-refractivity contribution in [1.82, 2.24) is 14.8 Å². The Hall–Kier alpha value is -2.47. The summed E-state index contributed by atoms with van der Waals surface area (Å²) in [7, 11) is 5.70. The van der Waals surface area contributed by atoms with Gasteiger partial charge in [-0.25, -0.2) is 9.37 Å². The van der Waals surface area contributed by atoms with Crippen LogP contribution < -0.4 is 4.90 Å². The van der Waals surface area contributed by atoms with Crippen LogP contribution in [0.2, 0.25) is 0 Å². The highest BCUT2D eigenvalue weighted by Crippen LogP contribution is 2.27. The van der Waals surface area contributed by atoms with Gasteiger partial charge in [-0.2, -0.15) is 0 Å². The van der Waals surface area contributed by atoms with Gasteiger partial charge in [-0.1, -0.05) is 18.2 Å². The van der Waals surface area contributed by atoms with Gasteiger partial charge in [0.1, 0.15) is 11.6 Å². The molecule has 1 atom stereocenters. The lowest BCUT2D eigenvalue weighted by Crippen LogP contribution is -2.49. The number of rotatable bonds is 3. The molecule has 1 aromatic carbocycles. The van der Waals surface area contributed by atoms with E-state index in [1.807, 2.05) is 32.1 Å². The minimum absolute atomic E-state index is 0.0637. The van der Waals surface area contributed by atoms with Crippen molar-refractivity contribution in [1.29, 1.82) is 0 Å². The van der Waals surface area contributed by atoms with E-state index in [1.165, 1.54) is 6.07 Å². The molecule has 1 fully saturated rings. The van der Waals surface area contributed by atoms with Gasteiger partial charge in [-0.3, -0.25) is 9.69 Å². The van der Waals surface area contributed by atoms with E-state index >= 15 is 0 Å². The molecule has 0 aliphatic carbocycles. The molecule has 1 aromatic heterocycles. The molecule has 0 spiro atoms. The molecule has 1 unspecified atom stereocenters. The highest BCUT2D eigenvalue weighted by molar-refractivity contribution is 5.99. The number of piperazine rings is 1. The summed E-state index contributed by atoms with van der Waals surface area (Å²) in [6, 6.07) is 10.2. The van der Waals surface area contributed by atoms with E-state index in [2.05, 4.69) is 9.88 Å². The summed E-state index contributed by atoms with van der Waals surface area (Å²) in [4.78, 5) is 23.1. The molecule has 2 aromatic rings. The molecule has 0 saturated carbocycles. The van der Waals surface area contributed by atoms with Gasteiger partial charge < -0.3 is 9.80 Å². The number of hydrogen-bond acceptors (Lipinski definition) is 4. The Morgan fingerprint density at radius 3 is 2.68 bits per heavy atom. The van der Waals surface area contributed by atoms with Gasteiger partial charge >= 0.3 is 0 Å². The number of carbonyl (C=O) groups excluding carboxylic acids is 1. The lowest BCUT2D eigenvalue weighted by atomic mass is 10.0. The van der Waals surface area contributed by atoms with Gasteiger partial charge in [0, 0.05) is 45.5 Å². The Balaban J connectivity index is 1.87. The summed E-state index contributed by atoms with van der Waals surface area (Å²) in [5, 5.41) is 0. The van der Waals surface area contributed by atoms with Crippen molar-refractivity contribution in [3.05, 3.63) is 59.5 Å². The minimum atomic E-state index is -0.232. The van der Waals surface area contributed by atoms with Crippen molar-refractivity contribution in [2.75, 3.05) is 45.7 Å². The summed E-state index contributed by atoms with van der Waals surface area (Å²) in [6.07, 6.45) is 1.68. The van der Waals surface area contributed by atoms with Crippen LogP contribution in [-0.2, 0) is 0 Å². The molecular weight excluding hydrogens is 319 g/mol. The molecule has 0 N–H and O–H groups in total. The first-order chi connectivity index (χ1) is 12.0. The third-order valence-electron chi connectivity index (χ3n) is 4.64. The Bertz CT molecular complexity index is 765. The first-order valence-electron chi connectivity index (χ1n) is 8.35. The quantitative estimate of drug-likeness (QED) is 0.859. The average Bonchev–Trinajstić information content (AvgIpc) is 2.62. The van der Waals surface area contributed by atoms with Crippen molar-refractivity contribution in [2.45, 2.75) is 6.04 Å². The second-order valence-corrected chi connectivity index (χ2v) is 6.54. The number of nitrogens with zero attached hydrogens (tertiary/aromatic N) is 4. The number of halogens is 1. The summed E-state index contributed by atoms with van der Waals surface area (Å²) in [6.45, 7) is 1.77. The van der Waals surface area contributed by atoms with Crippen LogP contribution in [0.25, 0.3) is 0 Å². The van der Waals surface area contributed by atoms with Gasteiger partial charge in [0.2, 0.25) is 0 Å². The Kier molecular flexibility index (Phi) is 4.99. The average molecular weight is 342 g/mol. The van der Waals surface area contributed by atoms with Gasteiger partial charge in [0.15, 0.2) is 0 Å². The fourth-order valence-electron chi connectivity index (χ4n) is 3.23. The fraction of sp³-hybridized carbons (Fsp3) is 0.368. The molecule has 132 valence electrons. The molecule has 6 heteroatoms. The largest absolute Gasteiger partial charge is 0.362 e. The second-order valence-electron chi connectivity index (χ2n) is 6.54. The van der Waals surface area contributed by atoms with Gasteiger partial charge in [0.05, 0.1) is 11.6 Å². The Morgan fingerprint density at radius 2 is 1.96 bits per heavy atom. The highest BCUT2D eigenvalue weighted by atomic mass is 19.1. The maximum Gasteiger partial charge on any atom is 0.257 e. The third-order valence-corrected chi connectivity index (χ3v) is 4.64. The Labute approximate surface area is 147 Å². The van der Waals surface area contributed by atoms with E-state index in [9.17, 15) is 9.18 Å². The number of hydrogen-bond donors (Lipinski definition) is 0. The van der Waals surface area contributed by atoms with E-state index in [0.717, 1.165) is 0 Å². The fourth-order valence-corrected chi connectivity index (χ4v) is 3.23.